The summed E-state index contributed by atoms with van der Waals surface area (Å²) in [5.41, 5.74) is 0.418. The molecule has 0 radical (unpaired) electrons. The zero-order valence-electron chi connectivity index (χ0n) is 9.49. The number of carbonyl (C=O) groups is 2. The highest BCUT2D eigenvalue weighted by Gasteiger charge is 2.06. The van der Waals surface area contributed by atoms with Gasteiger partial charge in [-0.05, 0) is 30.7 Å². The van der Waals surface area contributed by atoms with Gasteiger partial charge in [0.2, 0.25) is 0 Å². The average molecular weight is 238 g/mol. The summed E-state index contributed by atoms with van der Waals surface area (Å²) in [7, 11) is 0. The minimum absolute atomic E-state index is 0.0209. The van der Waals surface area contributed by atoms with Crippen LogP contribution in [-0.4, -0.2) is 16.9 Å². The van der Waals surface area contributed by atoms with Gasteiger partial charge >= 0.3 is 5.97 Å². The van der Waals surface area contributed by atoms with E-state index in [4.69, 9.17) is 5.11 Å². The fraction of sp³-hybridized carbons (Fsp3) is 0.231. The van der Waals surface area contributed by atoms with Crippen LogP contribution < -0.4 is 0 Å². The average Bonchev–Trinajstić information content (AvgIpc) is 2.32. The number of hydrogen-bond acceptors (Lipinski definition) is 2. The van der Waals surface area contributed by atoms with E-state index >= 15 is 0 Å². The Labute approximate surface area is 99.6 Å². The lowest BCUT2D eigenvalue weighted by molar-refractivity contribution is -0.137. The van der Waals surface area contributed by atoms with Crippen LogP contribution in [0, 0.1) is 5.82 Å². The molecule has 0 atom stereocenters. The lowest BCUT2D eigenvalue weighted by atomic mass is 10.1. The van der Waals surface area contributed by atoms with Crippen molar-refractivity contribution in [3.8, 4) is 0 Å². The van der Waals surface area contributed by atoms with Crippen molar-refractivity contribution in [2.75, 3.05) is 0 Å². The molecule has 17 heavy (non-hydrogen) atoms. The van der Waals surface area contributed by atoms with Crippen LogP contribution in [0.25, 0.3) is 0 Å². The molecule has 0 amide bonds. The Bertz CT molecular complexity index is 371. The van der Waals surface area contributed by atoms with Gasteiger partial charge in [0, 0.05) is 18.4 Å². The van der Waals surface area contributed by atoms with Crippen molar-refractivity contribution in [3.05, 3.63) is 48.8 Å². The summed E-state index contributed by atoms with van der Waals surface area (Å²) in [4.78, 5) is 21.6. The summed E-state index contributed by atoms with van der Waals surface area (Å²) in [5, 5.41) is 8.37. The van der Waals surface area contributed by atoms with Crippen LogP contribution in [0.1, 0.15) is 29.6 Å². The molecule has 0 aliphatic carbocycles. The van der Waals surface area contributed by atoms with E-state index in [0.29, 0.717) is 12.0 Å². The van der Waals surface area contributed by atoms with Gasteiger partial charge in [-0.15, -0.1) is 13.2 Å². The van der Waals surface area contributed by atoms with Crippen molar-refractivity contribution in [1.82, 2.24) is 0 Å². The molecule has 0 bridgehead atoms. The van der Waals surface area contributed by atoms with E-state index in [9.17, 15) is 14.0 Å². The number of carboxylic acid groups (broad SMARTS) is 1. The van der Waals surface area contributed by atoms with Gasteiger partial charge in [0.15, 0.2) is 5.78 Å². The number of rotatable bonds is 5. The third-order valence-electron chi connectivity index (χ3n) is 1.96. The fourth-order valence-electron chi connectivity index (χ4n) is 1.18. The summed E-state index contributed by atoms with van der Waals surface area (Å²) in [6, 6.07) is 5.23. The second kappa shape index (κ2) is 8.21. The number of aliphatic carboxylic acids is 1. The summed E-state index contributed by atoms with van der Waals surface area (Å²) in [5.74, 6) is -1.46. The first-order chi connectivity index (χ1) is 8.09. The van der Waals surface area contributed by atoms with Crippen molar-refractivity contribution in [1.29, 1.82) is 0 Å². The molecule has 0 saturated heterocycles. The third-order valence-corrected chi connectivity index (χ3v) is 1.96. The maximum atomic E-state index is 12.5. The van der Waals surface area contributed by atoms with Crippen LogP contribution >= 0.6 is 0 Å². The highest BCUT2D eigenvalue weighted by atomic mass is 19.1. The van der Waals surface area contributed by atoms with Gasteiger partial charge < -0.3 is 5.11 Å². The predicted molar refractivity (Wildman–Crippen MR) is 63.5 cm³/mol. The molecule has 1 rings (SSSR count). The first-order valence-electron chi connectivity index (χ1n) is 5.10. The van der Waals surface area contributed by atoms with Crippen molar-refractivity contribution in [2.45, 2.75) is 19.3 Å². The van der Waals surface area contributed by atoms with Gasteiger partial charge in [-0.3, -0.25) is 9.59 Å². The zero-order valence-corrected chi connectivity index (χ0v) is 9.49. The molecule has 4 heteroatoms. The lowest BCUT2D eigenvalue weighted by Crippen LogP contribution is -2.01. The van der Waals surface area contributed by atoms with E-state index in [1.54, 1.807) is 0 Å². The molecule has 0 aliphatic heterocycles. The second-order valence-electron chi connectivity index (χ2n) is 3.18. The number of hydrogen-bond donors (Lipinski definition) is 1. The number of carboxylic acids is 1. The Morgan fingerprint density at radius 3 is 2.12 bits per heavy atom. The summed E-state index contributed by atoms with van der Waals surface area (Å²) in [6.07, 6.45) is 0.469. The molecule has 0 aromatic heterocycles. The van der Waals surface area contributed by atoms with E-state index in [-0.39, 0.29) is 18.6 Å². The quantitative estimate of drug-likeness (QED) is 0.633. The number of carbonyl (C=O) groups excluding carboxylic acids is 1. The minimum atomic E-state index is -0.915. The van der Waals surface area contributed by atoms with E-state index in [0.717, 1.165) is 0 Å². The molecule has 1 aromatic rings. The smallest absolute Gasteiger partial charge is 0.303 e. The standard InChI is InChI=1S/C11H11FO3.C2H4/c12-9-6-4-8(5-7-9)10(13)2-1-3-11(14)15;1-2/h4-7H,1-3H2,(H,14,15);1-2H2. The Kier molecular flexibility index (Phi) is 7.26. The molecule has 0 spiro atoms. The molecule has 0 unspecified atom stereocenters. The van der Waals surface area contributed by atoms with Crippen LogP contribution in [0.4, 0.5) is 4.39 Å². The Balaban J connectivity index is 0.00000121. The molecule has 1 aromatic carbocycles. The number of benzene rings is 1. The van der Waals surface area contributed by atoms with Gasteiger partial charge in [-0.25, -0.2) is 4.39 Å². The molecule has 0 heterocycles. The summed E-state index contributed by atoms with van der Waals surface area (Å²) >= 11 is 0. The van der Waals surface area contributed by atoms with Crippen LogP contribution in [-0.2, 0) is 4.79 Å². The number of Topliss-reactive ketones (excluding diaryl/α,β-unsaturated/α-hetero) is 1. The normalized spacial score (nSPS) is 9.00. The van der Waals surface area contributed by atoms with Crippen molar-refractivity contribution in [2.24, 2.45) is 0 Å². The maximum Gasteiger partial charge on any atom is 0.303 e. The van der Waals surface area contributed by atoms with E-state index < -0.39 is 11.8 Å². The van der Waals surface area contributed by atoms with Gasteiger partial charge in [0.05, 0.1) is 0 Å². The zero-order chi connectivity index (χ0) is 13.3. The first-order valence-corrected chi connectivity index (χ1v) is 5.10. The van der Waals surface area contributed by atoms with Gasteiger partial charge in [0.1, 0.15) is 5.82 Å². The van der Waals surface area contributed by atoms with E-state index in [2.05, 4.69) is 13.2 Å². The monoisotopic (exact) mass is 238 g/mol. The molecular formula is C13H15FO3. The van der Waals surface area contributed by atoms with Gasteiger partial charge in [-0.1, -0.05) is 0 Å². The van der Waals surface area contributed by atoms with Crippen molar-refractivity contribution in [3.63, 3.8) is 0 Å². The number of ketones is 1. The molecule has 0 aliphatic rings. The topological polar surface area (TPSA) is 54.4 Å². The first kappa shape index (κ1) is 15.0. The van der Waals surface area contributed by atoms with Gasteiger partial charge in [0.25, 0.3) is 0 Å². The highest BCUT2D eigenvalue weighted by Crippen LogP contribution is 2.08. The molecule has 3 nitrogen and oxygen atoms in total. The molecule has 1 N–H and O–H groups in total. The van der Waals surface area contributed by atoms with Crippen molar-refractivity contribution >= 4 is 11.8 Å². The Morgan fingerprint density at radius 1 is 1.12 bits per heavy atom. The maximum absolute atomic E-state index is 12.5. The summed E-state index contributed by atoms with van der Waals surface area (Å²) < 4.78 is 12.5. The fourth-order valence-corrected chi connectivity index (χ4v) is 1.18. The lowest BCUT2D eigenvalue weighted by Gasteiger charge is -1.99. The van der Waals surface area contributed by atoms with Crippen LogP contribution in [0.3, 0.4) is 0 Å². The van der Waals surface area contributed by atoms with E-state index in [1.165, 1.54) is 24.3 Å². The molecular weight excluding hydrogens is 223 g/mol. The predicted octanol–water partition coefficient (Wildman–Crippen LogP) is 3.07. The Hall–Kier alpha value is -1.97. The van der Waals surface area contributed by atoms with Crippen LogP contribution in [0.2, 0.25) is 0 Å². The molecule has 0 fully saturated rings. The summed E-state index contributed by atoms with van der Waals surface area (Å²) in [6.45, 7) is 6.00. The molecule has 0 saturated carbocycles. The third kappa shape index (κ3) is 6.25. The van der Waals surface area contributed by atoms with Crippen LogP contribution in [0.5, 0.6) is 0 Å². The molecule has 92 valence electrons. The minimum Gasteiger partial charge on any atom is -0.481 e. The van der Waals surface area contributed by atoms with Gasteiger partial charge in [-0.2, -0.15) is 0 Å². The second-order valence-corrected chi connectivity index (χ2v) is 3.18. The van der Waals surface area contributed by atoms with E-state index in [1.807, 2.05) is 0 Å². The van der Waals surface area contributed by atoms with Crippen molar-refractivity contribution < 1.29 is 19.1 Å². The SMILES string of the molecule is C=C.O=C(O)CCCC(=O)c1ccc(F)cc1. The Morgan fingerprint density at radius 2 is 1.65 bits per heavy atom. The highest BCUT2D eigenvalue weighted by molar-refractivity contribution is 5.96. The number of halogens is 1. The largest absolute Gasteiger partial charge is 0.481 e. The van der Waals surface area contributed by atoms with Crippen LogP contribution in [0.15, 0.2) is 37.4 Å².